The number of anilines is 1. The van der Waals surface area contributed by atoms with Gasteiger partial charge in [0.15, 0.2) is 0 Å². The van der Waals surface area contributed by atoms with Gasteiger partial charge >= 0.3 is 24.3 Å². The van der Waals surface area contributed by atoms with E-state index in [1.165, 1.54) is 24.3 Å². The van der Waals surface area contributed by atoms with Crippen molar-refractivity contribution in [2.24, 2.45) is 4.99 Å². The van der Waals surface area contributed by atoms with Crippen molar-refractivity contribution >= 4 is 29.7 Å². The van der Waals surface area contributed by atoms with Crippen molar-refractivity contribution in [3.05, 3.63) is 29.8 Å². The summed E-state index contributed by atoms with van der Waals surface area (Å²) < 4.78 is 47.0. The normalized spacial score (nSPS) is 12.6. The van der Waals surface area contributed by atoms with Crippen LogP contribution >= 0.6 is 0 Å². The van der Waals surface area contributed by atoms with Gasteiger partial charge in [0, 0.05) is 12.2 Å². The number of aliphatic imine (C=N–C) groups is 1. The minimum atomic E-state index is -4.97. The fourth-order valence-corrected chi connectivity index (χ4v) is 1.99. The molecule has 9 nitrogen and oxygen atoms in total. The van der Waals surface area contributed by atoms with Gasteiger partial charge in [-0.1, -0.05) is 12.1 Å². The van der Waals surface area contributed by atoms with Crippen LogP contribution in [-0.4, -0.2) is 41.4 Å². The molecular weight excluding hydrogens is 433 g/mol. The van der Waals surface area contributed by atoms with Gasteiger partial charge < -0.3 is 20.1 Å². The number of carbonyl (C=O) groups is 3. The third-order valence-corrected chi connectivity index (χ3v) is 3.14. The first kappa shape index (κ1) is 26.7. The molecule has 3 N–H and O–H groups in total. The van der Waals surface area contributed by atoms with Crippen molar-refractivity contribution in [2.45, 2.75) is 65.5 Å². The summed E-state index contributed by atoms with van der Waals surface area (Å²) >= 11 is 0. The Morgan fingerprint density at radius 3 is 1.91 bits per heavy atom. The average Bonchev–Trinajstić information content (AvgIpc) is 2.56. The first-order chi connectivity index (χ1) is 14.4. The van der Waals surface area contributed by atoms with Crippen molar-refractivity contribution in [3.63, 3.8) is 0 Å². The maximum atomic E-state index is 12.3. The quantitative estimate of drug-likeness (QED) is 0.462. The van der Waals surface area contributed by atoms with E-state index in [0.29, 0.717) is 11.3 Å². The Kier molecular flexibility index (Phi) is 8.63. The first-order valence-corrected chi connectivity index (χ1v) is 9.47. The van der Waals surface area contributed by atoms with E-state index in [-0.39, 0.29) is 12.5 Å². The molecule has 0 spiro atoms. The molecule has 0 heterocycles. The van der Waals surface area contributed by atoms with Crippen LogP contribution in [0.2, 0.25) is 0 Å². The number of alkyl halides is 3. The fraction of sp³-hybridized carbons (Fsp3) is 0.500. The van der Waals surface area contributed by atoms with Crippen LogP contribution in [0.5, 0.6) is 0 Å². The predicted octanol–water partition coefficient (Wildman–Crippen LogP) is 4.09. The zero-order valence-electron chi connectivity index (χ0n) is 18.6. The number of alkyl carbamates (subject to hydrolysis) is 1. The molecule has 0 aliphatic carbocycles. The summed E-state index contributed by atoms with van der Waals surface area (Å²) in [5.74, 6) is -2.33. The van der Waals surface area contributed by atoms with Gasteiger partial charge in [0.05, 0.1) is 0 Å². The first-order valence-electron chi connectivity index (χ1n) is 9.47. The fourth-order valence-electron chi connectivity index (χ4n) is 1.99. The zero-order valence-corrected chi connectivity index (χ0v) is 18.6. The lowest BCUT2D eigenvalue weighted by Crippen LogP contribution is -2.40. The number of guanidine groups is 1. The molecule has 0 saturated carbocycles. The molecule has 32 heavy (non-hydrogen) atoms. The maximum Gasteiger partial charge on any atom is 0.471 e. The second kappa shape index (κ2) is 10.3. The molecule has 0 fully saturated rings. The van der Waals surface area contributed by atoms with E-state index in [9.17, 15) is 27.6 Å². The summed E-state index contributed by atoms with van der Waals surface area (Å²) in [6.07, 6.45) is -6.82. The van der Waals surface area contributed by atoms with Gasteiger partial charge in [-0.05, 0) is 59.2 Å². The highest BCUT2D eigenvalue weighted by Gasteiger charge is 2.38. The lowest BCUT2D eigenvalue weighted by atomic mass is 10.2. The van der Waals surface area contributed by atoms with E-state index >= 15 is 0 Å². The van der Waals surface area contributed by atoms with Gasteiger partial charge in [-0.2, -0.15) is 13.2 Å². The molecule has 0 radical (unpaired) electrons. The Morgan fingerprint density at radius 1 is 0.906 bits per heavy atom. The molecule has 12 heteroatoms. The van der Waals surface area contributed by atoms with Crippen molar-refractivity contribution in [1.82, 2.24) is 10.6 Å². The van der Waals surface area contributed by atoms with Crippen LogP contribution in [0, 0.1) is 0 Å². The minimum absolute atomic E-state index is 0.286. The van der Waals surface area contributed by atoms with Crippen LogP contribution in [0.1, 0.15) is 47.1 Å². The smallest absolute Gasteiger partial charge is 0.444 e. The van der Waals surface area contributed by atoms with Crippen molar-refractivity contribution in [2.75, 3.05) is 5.32 Å². The van der Waals surface area contributed by atoms with Gasteiger partial charge in [-0.15, -0.1) is 4.99 Å². The molecular formula is C20H27F3N4O5. The molecule has 1 aromatic rings. The molecule has 0 bridgehead atoms. The Hall–Kier alpha value is -3.31. The molecule has 3 amide bonds. The number of carbonyl (C=O) groups excluding carboxylic acids is 3. The summed E-state index contributed by atoms with van der Waals surface area (Å²) in [5.41, 5.74) is -0.892. The highest BCUT2D eigenvalue weighted by molar-refractivity contribution is 6.06. The average molecular weight is 460 g/mol. The number of ether oxygens (including phenoxy) is 2. The van der Waals surface area contributed by atoms with Crippen LogP contribution in [0.3, 0.4) is 0 Å². The Morgan fingerprint density at radius 2 is 1.44 bits per heavy atom. The van der Waals surface area contributed by atoms with Crippen LogP contribution in [0.15, 0.2) is 29.3 Å². The summed E-state index contributed by atoms with van der Waals surface area (Å²) in [6, 6.07) is 5.79. The third-order valence-electron chi connectivity index (χ3n) is 3.14. The minimum Gasteiger partial charge on any atom is -0.444 e. The highest BCUT2D eigenvalue weighted by Crippen LogP contribution is 2.15. The van der Waals surface area contributed by atoms with E-state index in [2.05, 4.69) is 15.6 Å². The molecule has 1 rings (SSSR count). The van der Waals surface area contributed by atoms with Gasteiger partial charge in [0.2, 0.25) is 5.96 Å². The second-order valence-corrected chi connectivity index (χ2v) is 8.57. The van der Waals surface area contributed by atoms with E-state index in [4.69, 9.17) is 9.47 Å². The Balaban J connectivity index is 2.92. The molecule has 178 valence electrons. The van der Waals surface area contributed by atoms with E-state index in [0.717, 1.165) is 0 Å². The number of nitrogens with one attached hydrogen (secondary N) is 3. The Bertz CT molecular complexity index is 854. The van der Waals surface area contributed by atoms with Crippen LogP contribution < -0.4 is 16.0 Å². The second-order valence-electron chi connectivity index (χ2n) is 8.57. The van der Waals surface area contributed by atoms with Crippen LogP contribution in [0.25, 0.3) is 0 Å². The maximum absolute atomic E-state index is 12.3. The summed E-state index contributed by atoms with van der Waals surface area (Å²) in [4.78, 5) is 38.7. The third kappa shape index (κ3) is 11.2. The summed E-state index contributed by atoms with van der Waals surface area (Å²) in [7, 11) is 0. The van der Waals surface area contributed by atoms with E-state index in [1.54, 1.807) is 46.9 Å². The number of halogens is 3. The van der Waals surface area contributed by atoms with Crippen LogP contribution in [-0.2, 0) is 20.8 Å². The lowest BCUT2D eigenvalue weighted by molar-refractivity contribution is -0.173. The number of amides is 3. The van der Waals surface area contributed by atoms with Gasteiger partial charge in [0.1, 0.15) is 11.2 Å². The number of rotatable bonds is 3. The monoisotopic (exact) mass is 460 g/mol. The van der Waals surface area contributed by atoms with Gasteiger partial charge in [-0.3, -0.25) is 10.1 Å². The molecule has 0 aliphatic heterocycles. The molecule has 1 aromatic carbocycles. The standard InChI is InChI=1S/C20H27F3N4O5/c1-18(2,3)31-16(29)26-15(27-17(30)32-19(4,5)6)25-13-9-7-12(8-10-13)11-24-14(28)20(21,22)23/h7-10H,11H2,1-6H3,(H,24,28)(H2,25,26,27,29,30). The Labute approximate surface area is 183 Å². The number of hydrogen-bond acceptors (Lipinski definition) is 5. The zero-order chi connectivity index (χ0) is 24.7. The lowest BCUT2D eigenvalue weighted by Gasteiger charge is -2.21. The summed E-state index contributed by atoms with van der Waals surface area (Å²) in [6.45, 7) is 9.55. The van der Waals surface area contributed by atoms with E-state index in [1.807, 2.05) is 0 Å². The molecule has 0 saturated heterocycles. The van der Waals surface area contributed by atoms with Crippen molar-refractivity contribution in [1.29, 1.82) is 0 Å². The SMILES string of the molecule is CC(C)(C)OC(=O)/N=C(\NC(=O)OC(C)(C)C)Nc1ccc(CNC(=O)C(F)(F)F)cc1. The topological polar surface area (TPSA) is 118 Å². The number of benzene rings is 1. The number of nitrogens with zero attached hydrogens (tertiary/aromatic N) is 1. The molecule has 0 unspecified atom stereocenters. The number of hydrogen-bond donors (Lipinski definition) is 3. The predicted molar refractivity (Wildman–Crippen MR) is 111 cm³/mol. The van der Waals surface area contributed by atoms with Gasteiger partial charge in [-0.25, -0.2) is 9.59 Å². The molecule has 0 aromatic heterocycles. The molecule has 0 aliphatic rings. The van der Waals surface area contributed by atoms with Gasteiger partial charge in [0.25, 0.3) is 0 Å². The van der Waals surface area contributed by atoms with Crippen molar-refractivity contribution in [3.8, 4) is 0 Å². The summed E-state index contributed by atoms with van der Waals surface area (Å²) in [5, 5.41) is 6.76. The van der Waals surface area contributed by atoms with E-state index < -0.39 is 35.5 Å². The van der Waals surface area contributed by atoms with Crippen LogP contribution in [0.4, 0.5) is 28.4 Å². The van der Waals surface area contributed by atoms with Crippen molar-refractivity contribution < 1.29 is 37.0 Å². The highest BCUT2D eigenvalue weighted by atomic mass is 19.4. The molecule has 0 atom stereocenters. The largest absolute Gasteiger partial charge is 0.471 e.